The molecule has 2 aromatic rings. The van der Waals surface area contributed by atoms with Gasteiger partial charge >= 0.3 is 0 Å². The fourth-order valence-corrected chi connectivity index (χ4v) is 3.10. The maximum absolute atomic E-state index is 4.66. The van der Waals surface area contributed by atoms with Crippen LogP contribution in [0.1, 0.15) is 18.4 Å². The Morgan fingerprint density at radius 1 is 1.05 bits per heavy atom. The van der Waals surface area contributed by atoms with E-state index in [1.165, 1.54) is 16.7 Å². The van der Waals surface area contributed by atoms with Gasteiger partial charge < -0.3 is 0 Å². The third-order valence-electron chi connectivity index (χ3n) is 4.44. The summed E-state index contributed by atoms with van der Waals surface area (Å²) in [5, 5.41) is 2.49. The van der Waals surface area contributed by atoms with Gasteiger partial charge in [0, 0.05) is 12.6 Å². The van der Waals surface area contributed by atoms with Crippen molar-refractivity contribution in [2.24, 2.45) is 4.99 Å². The lowest BCUT2D eigenvalue weighted by Gasteiger charge is -2.38. The number of aliphatic imine (C=N–C) groups is 1. The maximum atomic E-state index is 4.66. The van der Waals surface area contributed by atoms with Crippen LogP contribution in [0.4, 0.5) is 0 Å². The second kappa shape index (κ2) is 6.97. The molecule has 22 heavy (non-hydrogen) atoms. The quantitative estimate of drug-likeness (QED) is 0.600. The highest BCUT2D eigenvalue weighted by Crippen LogP contribution is 2.28. The molecule has 3 rings (SSSR count). The third-order valence-corrected chi connectivity index (χ3v) is 4.55. The lowest BCUT2D eigenvalue weighted by atomic mass is 9.86. The molecule has 0 bridgehead atoms. The minimum atomic E-state index is 0.394. The summed E-state index contributed by atoms with van der Waals surface area (Å²) in [5.74, 6) is 0. The van der Waals surface area contributed by atoms with E-state index < -0.39 is 0 Å². The van der Waals surface area contributed by atoms with Crippen molar-refractivity contribution >= 4 is 17.4 Å². The van der Waals surface area contributed by atoms with Crippen molar-refractivity contribution in [2.45, 2.75) is 31.5 Å². The van der Waals surface area contributed by atoms with Crippen LogP contribution in [-0.2, 0) is 6.54 Å². The van der Waals surface area contributed by atoms with Crippen molar-refractivity contribution in [2.75, 3.05) is 7.05 Å². The molecule has 0 unspecified atom stereocenters. The summed E-state index contributed by atoms with van der Waals surface area (Å²) in [7, 11) is 2.19. The zero-order valence-corrected chi connectivity index (χ0v) is 13.6. The van der Waals surface area contributed by atoms with Crippen LogP contribution >= 0.6 is 12.2 Å². The van der Waals surface area contributed by atoms with Gasteiger partial charge in [0.15, 0.2) is 0 Å². The van der Waals surface area contributed by atoms with E-state index in [4.69, 9.17) is 0 Å². The molecule has 0 radical (unpaired) electrons. The first-order chi connectivity index (χ1) is 10.8. The summed E-state index contributed by atoms with van der Waals surface area (Å²) in [6.07, 6.45) is 2.20. The predicted molar refractivity (Wildman–Crippen MR) is 95.2 cm³/mol. The Balaban J connectivity index is 1.59. The molecule has 3 heteroatoms. The summed E-state index contributed by atoms with van der Waals surface area (Å²) in [6.45, 7) is 0.980. The molecule has 112 valence electrons. The number of hydrogen-bond acceptors (Lipinski definition) is 3. The van der Waals surface area contributed by atoms with Gasteiger partial charge in [-0.05, 0) is 48.8 Å². The smallest absolute Gasteiger partial charge is 0.0632 e. The standard InChI is InChI=1S/C19H20N2S/c1-21(19-11-18(12-19)20-14-22)13-15-7-9-17(10-8-15)16-5-3-2-4-6-16/h2-10,18-19H,11-13H2,1H3/t18-,19-. The van der Waals surface area contributed by atoms with Crippen LogP contribution in [0.25, 0.3) is 11.1 Å². The van der Waals surface area contributed by atoms with Crippen molar-refractivity contribution < 1.29 is 0 Å². The van der Waals surface area contributed by atoms with Crippen LogP contribution < -0.4 is 0 Å². The first kappa shape index (κ1) is 15.1. The van der Waals surface area contributed by atoms with Gasteiger partial charge in [-0.15, -0.1) is 0 Å². The third kappa shape index (κ3) is 3.50. The summed E-state index contributed by atoms with van der Waals surface area (Å²) in [5.41, 5.74) is 3.89. The Labute approximate surface area is 137 Å². The SMILES string of the molecule is CN(Cc1ccc(-c2ccccc2)cc1)[C@H]1C[C@H](N=C=S)C1. The molecule has 0 N–H and O–H groups in total. The monoisotopic (exact) mass is 308 g/mol. The zero-order valence-electron chi connectivity index (χ0n) is 12.8. The fraction of sp³-hybridized carbons (Fsp3) is 0.316. The Hall–Kier alpha value is -1.80. The minimum Gasteiger partial charge on any atom is -0.299 e. The van der Waals surface area contributed by atoms with Crippen molar-refractivity contribution in [3.05, 3.63) is 60.2 Å². The highest BCUT2D eigenvalue weighted by atomic mass is 32.1. The number of benzene rings is 2. The normalized spacial score (nSPS) is 20.3. The molecule has 0 aliphatic heterocycles. The highest BCUT2D eigenvalue weighted by molar-refractivity contribution is 7.78. The molecule has 0 atom stereocenters. The van der Waals surface area contributed by atoms with Crippen molar-refractivity contribution in [1.29, 1.82) is 0 Å². The van der Waals surface area contributed by atoms with Crippen molar-refractivity contribution in [1.82, 2.24) is 4.90 Å². The average molecular weight is 308 g/mol. The van der Waals surface area contributed by atoms with Gasteiger partial charge in [0.05, 0.1) is 11.2 Å². The maximum Gasteiger partial charge on any atom is 0.0632 e. The lowest BCUT2D eigenvalue weighted by molar-refractivity contribution is 0.134. The van der Waals surface area contributed by atoms with Gasteiger partial charge in [0.2, 0.25) is 0 Å². The summed E-state index contributed by atoms with van der Waals surface area (Å²) >= 11 is 4.66. The summed E-state index contributed by atoms with van der Waals surface area (Å²) in [6, 6.07) is 20.4. The topological polar surface area (TPSA) is 15.6 Å². The second-order valence-electron chi connectivity index (χ2n) is 5.98. The van der Waals surface area contributed by atoms with E-state index in [0.717, 1.165) is 19.4 Å². The molecule has 2 aromatic carbocycles. The molecule has 1 fully saturated rings. The van der Waals surface area contributed by atoms with E-state index in [2.05, 4.69) is 82.9 Å². The van der Waals surface area contributed by atoms with Crippen LogP contribution in [-0.4, -0.2) is 29.2 Å². The molecular weight excluding hydrogens is 288 g/mol. The van der Waals surface area contributed by atoms with E-state index in [9.17, 15) is 0 Å². The molecule has 1 saturated carbocycles. The van der Waals surface area contributed by atoms with Gasteiger partial charge in [0.1, 0.15) is 0 Å². The van der Waals surface area contributed by atoms with E-state index in [1.54, 1.807) is 0 Å². The molecule has 0 heterocycles. The molecule has 1 aliphatic rings. The zero-order chi connectivity index (χ0) is 15.4. The van der Waals surface area contributed by atoms with Crippen LogP contribution in [0.5, 0.6) is 0 Å². The van der Waals surface area contributed by atoms with Crippen LogP contribution in [0.3, 0.4) is 0 Å². The second-order valence-corrected chi connectivity index (χ2v) is 6.16. The molecule has 0 amide bonds. The van der Waals surface area contributed by atoms with E-state index in [0.29, 0.717) is 12.1 Å². The number of isothiocyanates is 1. The van der Waals surface area contributed by atoms with Gasteiger partial charge in [-0.3, -0.25) is 4.90 Å². The molecule has 0 spiro atoms. The van der Waals surface area contributed by atoms with Gasteiger partial charge in [0.25, 0.3) is 0 Å². The Kier molecular flexibility index (Phi) is 4.79. The number of thiocarbonyl (C=S) groups is 1. The van der Waals surface area contributed by atoms with E-state index in [1.807, 2.05) is 6.07 Å². The summed E-state index contributed by atoms with van der Waals surface area (Å²) < 4.78 is 0. The number of hydrogen-bond donors (Lipinski definition) is 0. The molecular formula is C19H20N2S. The Bertz CT molecular complexity index is 654. The lowest BCUT2D eigenvalue weighted by Crippen LogP contribution is -2.44. The molecule has 0 aromatic heterocycles. The van der Waals surface area contributed by atoms with Gasteiger partial charge in [-0.1, -0.05) is 54.6 Å². The first-order valence-electron chi connectivity index (χ1n) is 7.68. The Morgan fingerprint density at radius 3 is 2.32 bits per heavy atom. The van der Waals surface area contributed by atoms with Gasteiger partial charge in [-0.2, -0.15) is 0 Å². The van der Waals surface area contributed by atoms with E-state index >= 15 is 0 Å². The fourth-order valence-electron chi connectivity index (χ4n) is 2.95. The largest absolute Gasteiger partial charge is 0.299 e. The molecule has 2 nitrogen and oxygen atoms in total. The van der Waals surface area contributed by atoms with Crippen LogP contribution in [0, 0.1) is 0 Å². The predicted octanol–water partition coefficient (Wildman–Crippen LogP) is 4.42. The number of rotatable bonds is 5. The van der Waals surface area contributed by atoms with Gasteiger partial charge in [-0.25, -0.2) is 4.99 Å². The van der Waals surface area contributed by atoms with Crippen LogP contribution in [0.15, 0.2) is 59.6 Å². The van der Waals surface area contributed by atoms with E-state index in [-0.39, 0.29) is 0 Å². The average Bonchev–Trinajstić information content (AvgIpc) is 2.52. The Morgan fingerprint density at radius 2 is 1.68 bits per heavy atom. The molecule has 0 saturated heterocycles. The van der Waals surface area contributed by atoms with Crippen LogP contribution in [0.2, 0.25) is 0 Å². The molecule has 1 aliphatic carbocycles. The first-order valence-corrected chi connectivity index (χ1v) is 8.08. The highest BCUT2D eigenvalue weighted by Gasteiger charge is 2.31. The van der Waals surface area contributed by atoms with Crippen molar-refractivity contribution in [3.63, 3.8) is 0 Å². The van der Waals surface area contributed by atoms with Crippen molar-refractivity contribution in [3.8, 4) is 11.1 Å². The minimum absolute atomic E-state index is 0.394. The summed E-state index contributed by atoms with van der Waals surface area (Å²) in [4.78, 5) is 6.56. The number of nitrogens with zero attached hydrogens (tertiary/aromatic N) is 2.